The number of benzene rings is 1. The van der Waals surface area contributed by atoms with Gasteiger partial charge in [0.05, 0.1) is 30.1 Å². The second-order valence-corrected chi connectivity index (χ2v) is 12.6. The summed E-state index contributed by atoms with van der Waals surface area (Å²) in [4.78, 5) is 47.8. The smallest absolute Gasteiger partial charge is 0.253 e. The van der Waals surface area contributed by atoms with E-state index >= 15 is 0 Å². The number of hydrogen-bond acceptors (Lipinski definition) is 5. The van der Waals surface area contributed by atoms with Crippen LogP contribution >= 0.6 is 11.6 Å². The molecule has 3 amide bonds. The number of ether oxygens (including phenoxy) is 1. The van der Waals surface area contributed by atoms with Gasteiger partial charge in [-0.25, -0.2) is 0 Å². The highest BCUT2D eigenvalue weighted by molar-refractivity contribution is 6.30. The van der Waals surface area contributed by atoms with Crippen LogP contribution in [0.15, 0.2) is 49.6 Å². The molecule has 0 aliphatic carbocycles. The molecule has 1 spiro atoms. The van der Waals surface area contributed by atoms with Crippen molar-refractivity contribution in [1.82, 2.24) is 9.80 Å². The van der Waals surface area contributed by atoms with Gasteiger partial charge < -0.3 is 24.5 Å². The van der Waals surface area contributed by atoms with Crippen LogP contribution in [0.25, 0.3) is 0 Å². The average Bonchev–Trinajstić information content (AvgIpc) is 3.42. The summed E-state index contributed by atoms with van der Waals surface area (Å²) in [5.41, 5.74) is -1.53. The summed E-state index contributed by atoms with van der Waals surface area (Å²) in [6, 6.07) is 5.29. The van der Waals surface area contributed by atoms with Gasteiger partial charge in [0.2, 0.25) is 11.8 Å². The summed E-state index contributed by atoms with van der Waals surface area (Å²) in [5.74, 6) is -2.39. The maximum Gasteiger partial charge on any atom is 0.253 e. The highest BCUT2D eigenvalue weighted by Gasteiger charge is 2.80. The van der Waals surface area contributed by atoms with Gasteiger partial charge in [-0.05, 0) is 55.9 Å². The van der Waals surface area contributed by atoms with Crippen molar-refractivity contribution >= 4 is 35.0 Å². The van der Waals surface area contributed by atoms with Crippen molar-refractivity contribution in [1.29, 1.82) is 0 Å². The molecule has 3 aliphatic heterocycles. The molecule has 218 valence electrons. The molecule has 3 saturated heterocycles. The topological polar surface area (TPSA) is 90.4 Å². The Morgan fingerprint density at radius 1 is 1.20 bits per heavy atom. The first-order valence-electron chi connectivity index (χ1n) is 14.0. The largest absolute Gasteiger partial charge is 0.394 e. The van der Waals surface area contributed by atoms with E-state index in [1.807, 2.05) is 27.7 Å². The molecule has 0 saturated carbocycles. The minimum absolute atomic E-state index is 0.0843. The van der Waals surface area contributed by atoms with Crippen LogP contribution in [0.2, 0.25) is 5.02 Å². The Labute approximate surface area is 242 Å². The first kappa shape index (κ1) is 30.3. The quantitative estimate of drug-likeness (QED) is 0.407. The van der Waals surface area contributed by atoms with Crippen molar-refractivity contribution in [2.45, 2.75) is 63.8 Å². The van der Waals surface area contributed by atoms with Crippen molar-refractivity contribution in [2.24, 2.45) is 23.7 Å². The van der Waals surface area contributed by atoms with Crippen LogP contribution in [0, 0.1) is 23.7 Å². The minimum atomic E-state index is -1.21. The maximum atomic E-state index is 14.7. The number of likely N-dealkylation sites (tertiary alicyclic amines) is 1. The molecule has 7 atom stereocenters. The average molecular weight is 572 g/mol. The summed E-state index contributed by atoms with van der Waals surface area (Å²) in [6.45, 7) is 15.8. The van der Waals surface area contributed by atoms with Crippen molar-refractivity contribution in [3.63, 3.8) is 0 Å². The normalized spacial score (nSPS) is 31.3. The predicted molar refractivity (Wildman–Crippen MR) is 156 cm³/mol. The number of likely N-dealkylation sites (N-methyl/N-ethyl adjacent to an activating group) is 1. The predicted octanol–water partition coefficient (Wildman–Crippen LogP) is 3.92. The van der Waals surface area contributed by atoms with Crippen LogP contribution in [0.5, 0.6) is 0 Å². The number of nitrogens with zero attached hydrogens (tertiary/aromatic N) is 3. The van der Waals surface area contributed by atoms with E-state index < -0.39 is 35.1 Å². The van der Waals surface area contributed by atoms with Gasteiger partial charge in [0.25, 0.3) is 5.91 Å². The van der Waals surface area contributed by atoms with Gasteiger partial charge in [0.1, 0.15) is 11.6 Å². The Morgan fingerprint density at radius 3 is 2.38 bits per heavy atom. The first-order chi connectivity index (χ1) is 18.9. The molecule has 1 aromatic rings. The summed E-state index contributed by atoms with van der Waals surface area (Å²) >= 11 is 6.13. The van der Waals surface area contributed by atoms with E-state index in [9.17, 15) is 19.5 Å². The number of carbonyl (C=O) groups excluding carboxylic acids is 3. The molecule has 1 aromatic carbocycles. The SMILES string of the molecule is C=CCN(C)C(=O)[C@H]1[C@H]2C(=O)N([C@@H](CO)CC(C)C)C(C(=O)N(CC=C)c3ccc(Cl)cc3)C23CC(C)[C@]1(C)O3. The van der Waals surface area contributed by atoms with Gasteiger partial charge in [-0.2, -0.15) is 0 Å². The highest BCUT2D eigenvalue weighted by atomic mass is 35.5. The van der Waals surface area contributed by atoms with Gasteiger partial charge in [-0.3, -0.25) is 14.4 Å². The lowest BCUT2D eigenvalue weighted by Crippen LogP contribution is -2.59. The molecule has 0 radical (unpaired) electrons. The molecule has 3 aliphatic rings. The zero-order valence-electron chi connectivity index (χ0n) is 24.2. The molecule has 9 heteroatoms. The van der Waals surface area contributed by atoms with Crippen LogP contribution in [0.1, 0.15) is 40.5 Å². The summed E-state index contributed by atoms with van der Waals surface area (Å²) < 4.78 is 6.85. The monoisotopic (exact) mass is 571 g/mol. The molecule has 8 nitrogen and oxygen atoms in total. The number of rotatable bonds is 11. The molecular formula is C31H42ClN3O5. The number of aliphatic hydroxyl groups excluding tert-OH is 1. The molecule has 2 bridgehead atoms. The van der Waals surface area contributed by atoms with Crippen molar-refractivity contribution in [2.75, 3.05) is 31.6 Å². The molecule has 3 fully saturated rings. The third-order valence-electron chi connectivity index (χ3n) is 9.10. The Hall–Kier alpha value is -2.68. The van der Waals surface area contributed by atoms with Gasteiger partial charge in [0, 0.05) is 30.8 Å². The molecule has 0 aromatic heterocycles. The third-order valence-corrected chi connectivity index (χ3v) is 9.35. The van der Waals surface area contributed by atoms with Gasteiger partial charge in [-0.15, -0.1) is 13.2 Å². The lowest BCUT2D eigenvalue weighted by molar-refractivity contribution is -0.153. The number of hydrogen-bond donors (Lipinski definition) is 1. The molecule has 40 heavy (non-hydrogen) atoms. The zero-order chi connectivity index (χ0) is 29.6. The van der Waals surface area contributed by atoms with E-state index in [1.54, 1.807) is 58.2 Å². The van der Waals surface area contributed by atoms with Gasteiger partial charge in [-0.1, -0.05) is 44.5 Å². The van der Waals surface area contributed by atoms with Crippen molar-refractivity contribution in [3.05, 3.63) is 54.6 Å². The number of fused-ring (bicyclic) bond motifs is 1. The van der Waals surface area contributed by atoms with Crippen LogP contribution in [-0.2, 0) is 19.1 Å². The van der Waals surface area contributed by atoms with E-state index in [0.29, 0.717) is 30.1 Å². The number of anilines is 1. The Balaban J connectivity index is 1.89. The number of aliphatic hydroxyl groups is 1. The molecule has 3 heterocycles. The van der Waals surface area contributed by atoms with Gasteiger partial charge in [0.15, 0.2) is 0 Å². The fourth-order valence-electron chi connectivity index (χ4n) is 7.29. The van der Waals surface area contributed by atoms with E-state index in [-0.39, 0.29) is 42.7 Å². The molecule has 1 N–H and O–H groups in total. The van der Waals surface area contributed by atoms with Crippen LogP contribution < -0.4 is 4.90 Å². The van der Waals surface area contributed by atoms with Crippen molar-refractivity contribution in [3.8, 4) is 0 Å². The fraction of sp³-hybridized carbons (Fsp3) is 0.581. The number of carbonyl (C=O) groups is 3. The minimum Gasteiger partial charge on any atom is -0.394 e. The highest BCUT2D eigenvalue weighted by Crippen LogP contribution is 2.66. The van der Waals surface area contributed by atoms with E-state index in [2.05, 4.69) is 13.2 Å². The Bertz CT molecular complexity index is 1170. The van der Waals surface area contributed by atoms with E-state index in [0.717, 1.165) is 0 Å². The first-order valence-corrected chi connectivity index (χ1v) is 14.4. The van der Waals surface area contributed by atoms with E-state index in [4.69, 9.17) is 16.3 Å². The standard InChI is InChI=1S/C31H42ClN3O5/c1-8-14-33(7)27(37)24-25-28(38)35(23(18-36)16-19(3)4)26(31(25)17-20(5)30(24,6)40-31)29(39)34(15-9-2)22-12-10-21(32)11-13-22/h8-13,19-20,23-26,36H,1-2,14-18H2,3-7H3/t20?,23-,24-,25+,26?,30+,31?/m1/s1. The van der Waals surface area contributed by atoms with Crippen LogP contribution in [0.4, 0.5) is 5.69 Å². The van der Waals surface area contributed by atoms with Crippen LogP contribution in [-0.4, -0.2) is 82.7 Å². The van der Waals surface area contributed by atoms with E-state index in [1.165, 1.54) is 0 Å². The second-order valence-electron chi connectivity index (χ2n) is 12.1. The lowest BCUT2D eigenvalue weighted by atomic mass is 9.62. The number of amides is 3. The van der Waals surface area contributed by atoms with Crippen LogP contribution in [0.3, 0.4) is 0 Å². The Kier molecular flexibility index (Phi) is 8.56. The van der Waals surface area contributed by atoms with Gasteiger partial charge >= 0.3 is 0 Å². The summed E-state index contributed by atoms with van der Waals surface area (Å²) in [7, 11) is 1.69. The maximum absolute atomic E-state index is 14.7. The second kappa shape index (κ2) is 11.3. The fourth-order valence-corrected chi connectivity index (χ4v) is 7.41. The molecule has 3 unspecified atom stereocenters. The zero-order valence-corrected chi connectivity index (χ0v) is 24.9. The van der Waals surface area contributed by atoms with Crippen molar-refractivity contribution < 1.29 is 24.2 Å². The number of halogens is 1. The lowest BCUT2D eigenvalue weighted by Gasteiger charge is -2.40. The Morgan fingerprint density at radius 2 is 1.82 bits per heavy atom. The third kappa shape index (κ3) is 4.68. The molecule has 4 rings (SSSR count). The summed E-state index contributed by atoms with van der Waals surface area (Å²) in [6.07, 6.45) is 4.23. The summed E-state index contributed by atoms with van der Waals surface area (Å²) in [5, 5.41) is 11.1. The molecular weight excluding hydrogens is 530 g/mol.